The Labute approximate surface area is 96.7 Å². The van der Waals surface area contributed by atoms with Gasteiger partial charge in [-0.2, -0.15) is 0 Å². The smallest absolute Gasteiger partial charge is 0.289 e. The zero-order valence-electron chi connectivity index (χ0n) is 8.34. The molecule has 1 heterocycles. The highest BCUT2D eigenvalue weighted by atomic mass is 127. The predicted octanol–water partition coefficient (Wildman–Crippen LogP) is 1.61. The molecule has 0 aliphatic carbocycles. The van der Waals surface area contributed by atoms with E-state index in [1.54, 1.807) is 12.4 Å². The van der Waals surface area contributed by atoms with Crippen molar-refractivity contribution in [2.45, 2.75) is 26.3 Å². The van der Waals surface area contributed by atoms with E-state index in [0.29, 0.717) is 0 Å². The third-order valence-corrected chi connectivity index (χ3v) is 1.87. The van der Waals surface area contributed by atoms with Crippen LogP contribution < -0.4 is 5.32 Å². The van der Waals surface area contributed by atoms with Crippen molar-refractivity contribution in [2.75, 3.05) is 0 Å². The van der Waals surface area contributed by atoms with E-state index in [9.17, 15) is 4.79 Å². The Morgan fingerprint density at radius 1 is 1.36 bits per heavy atom. The average molecular weight is 305 g/mol. The van der Waals surface area contributed by atoms with E-state index < -0.39 is 0 Å². The maximum Gasteiger partial charge on any atom is 0.289 e. The van der Waals surface area contributed by atoms with Crippen molar-refractivity contribution in [1.82, 2.24) is 15.3 Å². The highest BCUT2D eigenvalue weighted by Crippen LogP contribution is 2.02. The molecule has 1 aromatic rings. The Bertz CT molecular complexity index is 329. The first kappa shape index (κ1) is 11.4. The van der Waals surface area contributed by atoms with Crippen molar-refractivity contribution < 1.29 is 4.79 Å². The number of hydrogen-bond acceptors (Lipinski definition) is 3. The third kappa shape index (κ3) is 3.57. The van der Waals surface area contributed by atoms with Gasteiger partial charge in [0.25, 0.3) is 5.91 Å². The number of nitrogens with zero attached hydrogens (tertiary/aromatic N) is 2. The maximum absolute atomic E-state index is 11.5. The molecule has 0 saturated carbocycles. The first-order valence-corrected chi connectivity index (χ1v) is 5.26. The molecule has 14 heavy (non-hydrogen) atoms. The molecule has 0 spiro atoms. The summed E-state index contributed by atoms with van der Waals surface area (Å²) < 4.78 is 0.912. The molecule has 4 nitrogen and oxygen atoms in total. The molecule has 0 fully saturated rings. The van der Waals surface area contributed by atoms with E-state index in [4.69, 9.17) is 0 Å². The van der Waals surface area contributed by atoms with Gasteiger partial charge in [0.05, 0.1) is 0 Å². The van der Waals surface area contributed by atoms with Gasteiger partial charge < -0.3 is 5.32 Å². The summed E-state index contributed by atoms with van der Waals surface area (Å²) in [6, 6.07) is 0. The second-order valence-electron chi connectivity index (χ2n) is 3.93. The van der Waals surface area contributed by atoms with Crippen LogP contribution in [0.2, 0.25) is 0 Å². The van der Waals surface area contributed by atoms with E-state index >= 15 is 0 Å². The van der Waals surface area contributed by atoms with Gasteiger partial charge in [-0.1, -0.05) is 0 Å². The zero-order chi connectivity index (χ0) is 10.8. The summed E-state index contributed by atoms with van der Waals surface area (Å²) >= 11 is 2.09. The largest absolute Gasteiger partial charge is 0.345 e. The first-order valence-electron chi connectivity index (χ1n) is 4.18. The summed E-state index contributed by atoms with van der Waals surface area (Å²) in [6.45, 7) is 5.74. The summed E-state index contributed by atoms with van der Waals surface area (Å²) in [5.41, 5.74) is -0.260. The van der Waals surface area contributed by atoms with Crippen LogP contribution in [-0.2, 0) is 0 Å². The number of nitrogens with one attached hydrogen (secondary N) is 1. The van der Waals surface area contributed by atoms with Crippen LogP contribution in [0.5, 0.6) is 0 Å². The van der Waals surface area contributed by atoms with Crippen LogP contribution in [0, 0.1) is 3.57 Å². The second kappa shape index (κ2) is 4.20. The Morgan fingerprint density at radius 3 is 2.29 bits per heavy atom. The fraction of sp³-hybridized carbons (Fsp3) is 0.444. The highest BCUT2D eigenvalue weighted by molar-refractivity contribution is 14.1. The van der Waals surface area contributed by atoms with E-state index in [1.807, 2.05) is 20.8 Å². The summed E-state index contributed by atoms with van der Waals surface area (Å²) in [7, 11) is 0. The van der Waals surface area contributed by atoms with Crippen molar-refractivity contribution in [3.8, 4) is 0 Å². The predicted molar refractivity (Wildman–Crippen MR) is 62.0 cm³/mol. The van der Waals surface area contributed by atoms with Crippen molar-refractivity contribution in [1.29, 1.82) is 0 Å². The standard InChI is InChI=1S/C9H12IN3O/c1-9(2,3)13-8(14)7-11-4-6(10)5-12-7/h4-5H,1-3H3,(H,13,14). The van der Waals surface area contributed by atoms with Crippen LogP contribution in [0.4, 0.5) is 0 Å². The molecule has 1 rings (SSSR count). The Kier molecular flexibility index (Phi) is 3.41. The van der Waals surface area contributed by atoms with Gasteiger partial charge in [0, 0.05) is 21.5 Å². The molecule has 1 amide bonds. The fourth-order valence-corrected chi connectivity index (χ4v) is 1.10. The summed E-state index contributed by atoms with van der Waals surface area (Å²) in [5, 5.41) is 2.79. The number of halogens is 1. The lowest BCUT2D eigenvalue weighted by Crippen LogP contribution is -2.41. The number of aromatic nitrogens is 2. The monoisotopic (exact) mass is 305 g/mol. The van der Waals surface area contributed by atoms with Crippen molar-refractivity contribution in [3.63, 3.8) is 0 Å². The molecular formula is C9H12IN3O. The first-order chi connectivity index (χ1) is 6.38. The van der Waals surface area contributed by atoms with Gasteiger partial charge in [0.1, 0.15) is 0 Å². The minimum Gasteiger partial charge on any atom is -0.345 e. The van der Waals surface area contributed by atoms with Gasteiger partial charge >= 0.3 is 0 Å². The lowest BCUT2D eigenvalue weighted by Gasteiger charge is -2.19. The molecule has 0 unspecified atom stereocenters. The third-order valence-electron chi connectivity index (χ3n) is 1.31. The summed E-state index contributed by atoms with van der Waals surface area (Å²) in [4.78, 5) is 19.4. The van der Waals surface area contributed by atoms with Crippen LogP contribution >= 0.6 is 22.6 Å². The van der Waals surface area contributed by atoms with Gasteiger partial charge in [0.2, 0.25) is 5.82 Å². The SMILES string of the molecule is CC(C)(C)NC(=O)c1ncc(I)cn1. The molecule has 0 bridgehead atoms. The molecule has 76 valence electrons. The average Bonchev–Trinajstić information content (AvgIpc) is 2.02. The minimum absolute atomic E-state index is 0.209. The van der Waals surface area contributed by atoms with E-state index in [-0.39, 0.29) is 17.3 Å². The number of hydrogen-bond donors (Lipinski definition) is 1. The Morgan fingerprint density at radius 2 is 1.86 bits per heavy atom. The van der Waals surface area contributed by atoms with Crippen LogP contribution in [-0.4, -0.2) is 21.4 Å². The normalized spacial score (nSPS) is 11.1. The van der Waals surface area contributed by atoms with Crippen LogP contribution in [0.1, 0.15) is 31.4 Å². The van der Waals surface area contributed by atoms with E-state index in [1.165, 1.54) is 0 Å². The molecule has 0 aliphatic rings. The van der Waals surface area contributed by atoms with Crippen molar-refractivity contribution in [2.24, 2.45) is 0 Å². The lowest BCUT2D eigenvalue weighted by atomic mass is 10.1. The molecular weight excluding hydrogens is 293 g/mol. The maximum atomic E-state index is 11.5. The molecule has 1 N–H and O–H groups in total. The fourth-order valence-electron chi connectivity index (χ4n) is 0.826. The topological polar surface area (TPSA) is 54.9 Å². The molecule has 0 saturated heterocycles. The lowest BCUT2D eigenvalue weighted by molar-refractivity contribution is 0.0908. The van der Waals surface area contributed by atoms with Crippen LogP contribution in [0.25, 0.3) is 0 Å². The number of rotatable bonds is 1. The van der Waals surface area contributed by atoms with E-state index in [2.05, 4.69) is 37.9 Å². The van der Waals surface area contributed by atoms with Gasteiger partial charge in [-0.3, -0.25) is 4.79 Å². The Balaban J connectivity index is 2.76. The highest BCUT2D eigenvalue weighted by Gasteiger charge is 2.16. The second-order valence-corrected chi connectivity index (χ2v) is 5.17. The van der Waals surface area contributed by atoms with Crippen LogP contribution in [0.3, 0.4) is 0 Å². The summed E-state index contributed by atoms with van der Waals surface area (Å²) in [6.07, 6.45) is 3.23. The Hall–Kier alpha value is -0.720. The number of carbonyl (C=O) groups excluding carboxylic acids is 1. The van der Waals surface area contributed by atoms with Gasteiger partial charge in [0.15, 0.2) is 0 Å². The van der Waals surface area contributed by atoms with Crippen LogP contribution in [0.15, 0.2) is 12.4 Å². The quantitative estimate of drug-likeness (QED) is 0.802. The molecule has 5 heteroatoms. The molecule has 1 aromatic heterocycles. The molecule has 0 aromatic carbocycles. The molecule has 0 atom stereocenters. The molecule has 0 aliphatic heterocycles. The van der Waals surface area contributed by atoms with E-state index in [0.717, 1.165) is 3.57 Å². The van der Waals surface area contributed by atoms with Gasteiger partial charge in [-0.15, -0.1) is 0 Å². The number of amides is 1. The minimum atomic E-state index is -0.260. The van der Waals surface area contributed by atoms with Gasteiger partial charge in [-0.25, -0.2) is 9.97 Å². The summed E-state index contributed by atoms with van der Waals surface area (Å²) in [5.74, 6) is -0.0331. The number of carbonyl (C=O) groups is 1. The molecule has 0 radical (unpaired) electrons. The van der Waals surface area contributed by atoms with Crippen molar-refractivity contribution in [3.05, 3.63) is 21.8 Å². The zero-order valence-corrected chi connectivity index (χ0v) is 10.5. The van der Waals surface area contributed by atoms with Crippen molar-refractivity contribution >= 4 is 28.5 Å². The van der Waals surface area contributed by atoms with Gasteiger partial charge in [-0.05, 0) is 43.4 Å².